The summed E-state index contributed by atoms with van der Waals surface area (Å²) in [6, 6.07) is 17.8. The van der Waals surface area contributed by atoms with Gasteiger partial charge in [0, 0.05) is 22.7 Å². The van der Waals surface area contributed by atoms with Gasteiger partial charge in [-0.3, -0.25) is 9.59 Å². The van der Waals surface area contributed by atoms with Gasteiger partial charge < -0.3 is 15.0 Å². The number of aromatic amines is 1. The van der Waals surface area contributed by atoms with Crippen molar-refractivity contribution in [2.75, 3.05) is 6.61 Å². The van der Waals surface area contributed by atoms with Crippen molar-refractivity contribution in [3.63, 3.8) is 0 Å². The molecule has 0 bridgehead atoms. The van der Waals surface area contributed by atoms with E-state index in [1.807, 2.05) is 36.4 Å². The molecule has 5 nitrogen and oxygen atoms in total. The van der Waals surface area contributed by atoms with E-state index in [9.17, 15) is 9.59 Å². The third kappa shape index (κ3) is 3.59. The van der Waals surface area contributed by atoms with Crippen molar-refractivity contribution >= 4 is 17.5 Å². The van der Waals surface area contributed by atoms with E-state index in [-0.39, 0.29) is 11.6 Å². The highest BCUT2D eigenvalue weighted by atomic mass is 35.5. The topological polar surface area (TPSA) is 71.2 Å². The van der Waals surface area contributed by atoms with E-state index in [4.69, 9.17) is 16.3 Å². The molecule has 0 saturated heterocycles. The van der Waals surface area contributed by atoms with Gasteiger partial charge in [0.15, 0.2) is 0 Å². The molecule has 1 amide bonds. The van der Waals surface area contributed by atoms with Gasteiger partial charge in [-0.2, -0.15) is 0 Å². The Morgan fingerprint density at radius 2 is 1.85 bits per heavy atom. The van der Waals surface area contributed by atoms with Crippen LogP contribution in [0.15, 0.2) is 65.5 Å². The Morgan fingerprint density at radius 3 is 2.63 bits per heavy atom. The average Bonchev–Trinajstić information content (AvgIpc) is 2.68. The number of amides is 1. The number of benzene rings is 2. The minimum atomic E-state index is -0.430. The predicted molar refractivity (Wildman–Crippen MR) is 104 cm³/mol. The Bertz CT molecular complexity index is 1040. The second-order valence-corrected chi connectivity index (χ2v) is 6.76. The van der Waals surface area contributed by atoms with Gasteiger partial charge in [0.1, 0.15) is 11.3 Å². The van der Waals surface area contributed by atoms with Crippen molar-refractivity contribution in [1.82, 2.24) is 10.3 Å². The lowest BCUT2D eigenvalue weighted by Crippen LogP contribution is -2.35. The van der Waals surface area contributed by atoms with E-state index in [1.54, 1.807) is 24.3 Å². The number of carbonyl (C=O) groups is 1. The lowest BCUT2D eigenvalue weighted by atomic mass is 10.00. The monoisotopic (exact) mass is 380 g/mol. The molecular formula is C21H17ClN2O3. The molecule has 1 aromatic heterocycles. The first-order chi connectivity index (χ1) is 13.1. The summed E-state index contributed by atoms with van der Waals surface area (Å²) in [5.74, 6) is 0.363. The molecule has 0 saturated carbocycles. The number of H-pyrrole nitrogens is 1. The molecule has 0 spiro atoms. The van der Waals surface area contributed by atoms with Crippen molar-refractivity contribution < 1.29 is 9.53 Å². The smallest absolute Gasteiger partial charge is 0.261 e. The number of fused-ring (bicyclic) bond motifs is 1. The highest BCUT2D eigenvalue weighted by Crippen LogP contribution is 2.31. The number of rotatable bonds is 3. The van der Waals surface area contributed by atoms with Gasteiger partial charge in [0.2, 0.25) is 0 Å². The van der Waals surface area contributed by atoms with Crippen LogP contribution in [0.1, 0.15) is 28.4 Å². The standard InChI is InChI=1S/C21H17ClN2O3/c22-14-7-5-13(6-8-14)17-10-9-16(20(25)23-17)21(26)24-18-11-12-27-19-4-2-1-3-15(18)19/h1-10,18H,11-12H2,(H,23,25)(H,24,26). The summed E-state index contributed by atoms with van der Waals surface area (Å²) >= 11 is 5.89. The van der Waals surface area contributed by atoms with Gasteiger partial charge in [-0.15, -0.1) is 0 Å². The van der Waals surface area contributed by atoms with Crippen LogP contribution in [-0.4, -0.2) is 17.5 Å². The van der Waals surface area contributed by atoms with Crippen LogP contribution in [0.4, 0.5) is 0 Å². The first kappa shape index (κ1) is 17.4. The van der Waals surface area contributed by atoms with Crippen LogP contribution in [0.25, 0.3) is 11.3 Å². The van der Waals surface area contributed by atoms with Gasteiger partial charge in [-0.25, -0.2) is 0 Å². The molecule has 1 aliphatic heterocycles. The minimum absolute atomic E-state index is 0.0803. The lowest BCUT2D eigenvalue weighted by molar-refractivity contribution is 0.0923. The molecule has 1 atom stereocenters. The zero-order valence-corrected chi connectivity index (χ0v) is 15.1. The second kappa shape index (κ2) is 7.29. The summed E-state index contributed by atoms with van der Waals surface area (Å²) in [7, 11) is 0. The molecule has 6 heteroatoms. The van der Waals surface area contributed by atoms with Crippen LogP contribution in [0.3, 0.4) is 0 Å². The van der Waals surface area contributed by atoms with Crippen LogP contribution in [0.2, 0.25) is 5.02 Å². The third-order valence-corrected chi connectivity index (χ3v) is 4.83. The fourth-order valence-corrected chi connectivity index (χ4v) is 3.30. The summed E-state index contributed by atoms with van der Waals surface area (Å²) in [6.07, 6.45) is 0.656. The fraction of sp³-hybridized carbons (Fsp3) is 0.143. The molecule has 136 valence electrons. The maximum Gasteiger partial charge on any atom is 0.261 e. The Balaban J connectivity index is 1.56. The second-order valence-electron chi connectivity index (χ2n) is 6.32. The lowest BCUT2D eigenvalue weighted by Gasteiger charge is -2.26. The Kier molecular flexibility index (Phi) is 4.69. The molecule has 1 unspecified atom stereocenters. The van der Waals surface area contributed by atoms with Crippen LogP contribution in [0.5, 0.6) is 5.75 Å². The molecule has 2 N–H and O–H groups in total. The highest BCUT2D eigenvalue weighted by Gasteiger charge is 2.24. The van der Waals surface area contributed by atoms with Crippen LogP contribution >= 0.6 is 11.6 Å². The molecule has 0 radical (unpaired) electrons. The number of carbonyl (C=O) groups excluding carboxylic acids is 1. The summed E-state index contributed by atoms with van der Waals surface area (Å²) in [5, 5.41) is 3.56. The normalized spacial score (nSPS) is 15.5. The first-order valence-corrected chi connectivity index (χ1v) is 9.01. The molecule has 1 aliphatic rings. The van der Waals surface area contributed by atoms with E-state index in [1.165, 1.54) is 0 Å². The van der Waals surface area contributed by atoms with Gasteiger partial charge in [0.05, 0.1) is 12.6 Å². The minimum Gasteiger partial charge on any atom is -0.493 e. The molecule has 4 rings (SSSR count). The van der Waals surface area contributed by atoms with Crippen LogP contribution in [0, 0.1) is 0 Å². The molecule has 27 heavy (non-hydrogen) atoms. The molecule has 2 heterocycles. The summed E-state index contributed by atoms with van der Waals surface area (Å²) in [6.45, 7) is 0.522. The van der Waals surface area contributed by atoms with E-state index in [0.29, 0.717) is 23.7 Å². The molecular weight excluding hydrogens is 364 g/mol. The van der Waals surface area contributed by atoms with Crippen molar-refractivity contribution in [3.8, 4) is 17.0 Å². The zero-order chi connectivity index (χ0) is 18.8. The van der Waals surface area contributed by atoms with Crippen molar-refractivity contribution in [2.45, 2.75) is 12.5 Å². The van der Waals surface area contributed by atoms with E-state index < -0.39 is 11.5 Å². The summed E-state index contributed by atoms with van der Waals surface area (Å²) in [4.78, 5) is 27.9. The number of pyridine rings is 1. The molecule has 3 aromatic rings. The number of nitrogens with one attached hydrogen (secondary N) is 2. The van der Waals surface area contributed by atoms with E-state index in [0.717, 1.165) is 16.9 Å². The zero-order valence-electron chi connectivity index (χ0n) is 14.4. The molecule has 2 aromatic carbocycles. The van der Waals surface area contributed by atoms with Crippen LogP contribution in [-0.2, 0) is 0 Å². The van der Waals surface area contributed by atoms with Crippen LogP contribution < -0.4 is 15.6 Å². The van der Waals surface area contributed by atoms with Crippen molar-refractivity contribution in [1.29, 1.82) is 0 Å². The number of halogens is 1. The number of aromatic nitrogens is 1. The Labute approximate surface area is 161 Å². The largest absolute Gasteiger partial charge is 0.493 e. The first-order valence-electron chi connectivity index (χ1n) is 8.64. The van der Waals surface area contributed by atoms with E-state index >= 15 is 0 Å². The predicted octanol–water partition coefficient (Wildman–Crippen LogP) is 3.95. The maximum atomic E-state index is 12.6. The molecule has 0 fully saturated rings. The van der Waals surface area contributed by atoms with Crippen molar-refractivity contribution in [3.05, 3.63) is 87.2 Å². The molecule has 0 aliphatic carbocycles. The number of para-hydroxylation sites is 1. The Morgan fingerprint density at radius 1 is 1.07 bits per heavy atom. The van der Waals surface area contributed by atoms with Gasteiger partial charge >= 0.3 is 0 Å². The number of hydrogen-bond acceptors (Lipinski definition) is 3. The number of ether oxygens (including phenoxy) is 1. The SMILES string of the molecule is O=C(NC1CCOc2ccccc21)c1ccc(-c2ccc(Cl)cc2)[nH]c1=O. The number of hydrogen-bond donors (Lipinski definition) is 2. The van der Waals surface area contributed by atoms with Gasteiger partial charge in [-0.1, -0.05) is 41.9 Å². The maximum absolute atomic E-state index is 12.6. The Hall–Kier alpha value is -3.05. The quantitative estimate of drug-likeness (QED) is 0.722. The summed E-state index contributed by atoms with van der Waals surface area (Å²) < 4.78 is 5.61. The third-order valence-electron chi connectivity index (χ3n) is 4.57. The summed E-state index contributed by atoms with van der Waals surface area (Å²) in [5.41, 5.74) is 2.02. The van der Waals surface area contributed by atoms with E-state index in [2.05, 4.69) is 10.3 Å². The average molecular weight is 381 g/mol. The van der Waals surface area contributed by atoms with Crippen molar-refractivity contribution in [2.24, 2.45) is 0 Å². The van der Waals surface area contributed by atoms with Gasteiger partial charge in [0.25, 0.3) is 11.5 Å². The van der Waals surface area contributed by atoms with Gasteiger partial charge in [-0.05, 0) is 35.9 Å². The highest BCUT2D eigenvalue weighted by molar-refractivity contribution is 6.30. The fourth-order valence-electron chi connectivity index (χ4n) is 3.18.